The minimum atomic E-state index is 0.00475. The fourth-order valence-electron chi connectivity index (χ4n) is 3.30. The van der Waals surface area contributed by atoms with E-state index < -0.39 is 0 Å². The molecule has 0 aromatic carbocycles. The normalized spacial score (nSPS) is 24.6. The molecule has 1 aliphatic carbocycles. The summed E-state index contributed by atoms with van der Waals surface area (Å²) < 4.78 is 11.2. The molecule has 1 aromatic heterocycles. The van der Waals surface area contributed by atoms with Crippen LogP contribution < -0.4 is 4.74 Å². The van der Waals surface area contributed by atoms with Crippen LogP contribution in [-0.2, 0) is 4.74 Å². The molecule has 0 spiro atoms. The summed E-state index contributed by atoms with van der Waals surface area (Å²) in [7, 11) is 5.68. The largest absolute Gasteiger partial charge is 0.474 e. The van der Waals surface area contributed by atoms with Gasteiger partial charge in [0.2, 0.25) is 5.88 Å². The summed E-state index contributed by atoms with van der Waals surface area (Å²) in [5.74, 6) is 0.557. The van der Waals surface area contributed by atoms with E-state index in [1.165, 1.54) is 6.42 Å². The maximum Gasteiger partial charge on any atom is 0.253 e. The second kappa shape index (κ2) is 7.49. The zero-order valence-corrected chi connectivity index (χ0v) is 14.8. The number of aromatic nitrogens is 1. The molecule has 0 N–H and O–H groups in total. The zero-order valence-electron chi connectivity index (χ0n) is 14.8. The Labute approximate surface area is 143 Å². The Balaban J connectivity index is 1.59. The third-order valence-electron chi connectivity index (χ3n) is 5.14. The number of hydrogen-bond donors (Lipinski definition) is 0. The van der Waals surface area contributed by atoms with Gasteiger partial charge in [0.25, 0.3) is 5.91 Å². The van der Waals surface area contributed by atoms with Gasteiger partial charge in [0.15, 0.2) is 0 Å². The predicted octanol–water partition coefficient (Wildman–Crippen LogP) is 1.80. The van der Waals surface area contributed by atoms with Crippen LogP contribution >= 0.6 is 0 Å². The Bertz CT molecular complexity index is 576. The minimum absolute atomic E-state index is 0.00475. The monoisotopic (exact) mass is 333 g/mol. The average molecular weight is 333 g/mol. The Morgan fingerprint density at radius 1 is 1.42 bits per heavy atom. The number of nitrogens with zero attached hydrogens (tertiary/aromatic N) is 3. The molecule has 1 amide bonds. The fraction of sp³-hybridized carbons (Fsp3) is 0.667. The summed E-state index contributed by atoms with van der Waals surface area (Å²) in [6.07, 6.45) is 6.49. The summed E-state index contributed by atoms with van der Waals surface area (Å²) in [4.78, 5) is 21.0. The quantitative estimate of drug-likeness (QED) is 0.795. The lowest BCUT2D eigenvalue weighted by Gasteiger charge is -2.27. The second-order valence-corrected chi connectivity index (χ2v) is 6.93. The highest BCUT2D eigenvalue weighted by molar-refractivity contribution is 5.94. The molecule has 2 atom stereocenters. The maximum atomic E-state index is 12.7. The van der Waals surface area contributed by atoms with Crippen LogP contribution in [-0.4, -0.2) is 73.2 Å². The molecule has 1 aromatic rings. The molecule has 2 heterocycles. The van der Waals surface area contributed by atoms with Crippen LogP contribution in [0, 0.1) is 0 Å². The van der Waals surface area contributed by atoms with Gasteiger partial charge in [-0.05, 0) is 38.8 Å². The van der Waals surface area contributed by atoms with Crippen molar-refractivity contribution in [2.45, 2.75) is 43.9 Å². The molecule has 1 saturated carbocycles. The van der Waals surface area contributed by atoms with E-state index in [2.05, 4.69) is 16.9 Å². The third kappa shape index (κ3) is 3.87. The van der Waals surface area contributed by atoms with Gasteiger partial charge in [0, 0.05) is 51.1 Å². The standard InChI is InChI=1S/C18H27N3O3/c1-20-12-16(23-3)10-14(20)11-21(2)18(22)13-7-8-19-17(9-13)24-15-5-4-6-15/h7-9,14-16H,4-6,10-12H2,1-3H3/t14-,16-/m0/s1. The minimum Gasteiger partial charge on any atom is -0.474 e. The lowest BCUT2D eigenvalue weighted by molar-refractivity contribution is 0.0757. The van der Waals surface area contributed by atoms with Gasteiger partial charge in [-0.3, -0.25) is 9.69 Å². The van der Waals surface area contributed by atoms with Crippen molar-refractivity contribution >= 4 is 5.91 Å². The van der Waals surface area contributed by atoms with Crippen LogP contribution in [0.1, 0.15) is 36.0 Å². The van der Waals surface area contributed by atoms with Crippen LogP contribution in [0.4, 0.5) is 0 Å². The molecule has 6 heteroatoms. The van der Waals surface area contributed by atoms with Crippen molar-refractivity contribution in [2.24, 2.45) is 0 Å². The van der Waals surface area contributed by atoms with Crippen molar-refractivity contribution in [1.29, 1.82) is 0 Å². The number of likely N-dealkylation sites (tertiary alicyclic amines) is 1. The topological polar surface area (TPSA) is 54.9 Å². The number of ether oxygens (including phenoxy) is 2. The van der Waals surface area contributed by atoms with E-state index in [9.17, 15) is 4.79 Å². The van der Waals surface area contributed by atoms with E-state index in [0.29, 0.717) is 24.0 Å². The van der Waals surface area contributed by atoms with Gasteiger partial charge in [0.1, 0.15) is 6.10 Å². The number of rotatable bonds is 6. The van der Waals surface area contributed by atoms with E-state index in [0.717, 1.165) is 25.8 Å². The molecule has 3 rings (SSSR count). The van der Waals surface area contributed by atoms with Crippen molar-refractivity contribution in [3.8, 4) is 5.88 Å². The highest BCUT2D eigenvalue weighted by Gasteiger charge is 2.31. The van der Waals surface area contributed by atoms with Crippen molar-refractivity contribution in [3.05, 3.63) is 23.9 Å². The number of methoxy groups -OCH3 is 1. The van der Waals surface area contributed by atoms with E-state index in [4.69, 9.17) is 9.47 Å². The molecular weight excluding hydrogens is 306 g/mol. The van der Waals surface area contributed by atoms with Crippen molar-refractivity contribution in [1.82, 2.24) is 14.8 Å². The molecule has 24 heavy (non-hydrogen) atoms. The Morgan fingerprint density at radius 2 is 2.21 bits per heavy atom. The first kappa shape index (κ1) is 17.2. The van der Waals surface area contributed by atoms with Crippen molar-refractivity contribution in [2.75, 3.05) is 34.3 Å². The fourth-order valence-corrected chi connectivity index (χ4v) is 3.30. The molecule has 0 radical (unpaired) electrons. The lowest BCUT2D eigenvalue weighted by Crippen LogP contribution is -2.39. The summed E-state index contributed by atoms with van der Waals surface area (Å²) in [5.41, 5.74) is 0.630. The van der Waals surface area contributed by atoms with Crippen molar-refractivity contribution < 1.29 is 14.3 Å². The van der Waals surface area contributed by atoms with Crippen molar-refractivity contribution in [3.63, 3.8) is 0 Å². The molecule has 1 saturated heterocycles. The van der Waals surface area contributed by atoms with E-state index in [-0.39, 0.29) is 18.1 Å². The smallest absolute Gasteiger partial charge is 0.253 e. The first-order chi connectivity index (χ1) is 11.6. The first-order valence-electron chi connectivity index (χ1n) is 8.68. The number of carbonyl (C=O) groups is 1. The van der Waals surface area contributed by atoms with Crippen LogP contribution in [0.3, 0.4) is 0 Å². The summed E-state index contributed by atoms with van der Waals surface area (Å²) in [5, 5.41) is 0. The highest BCUT2D eigenvalue weighted by atomic mass is 16.5. The number of amides is 1. The van der Waals surface area contributed by atoms with Gasteiger partial charge in [-0.1, -0.05) is 0 Å². The molecule has 2 aliphatic rings. The molecular formula is C18H27N3O3. The van der Waals surface area contributed by atoms with Gasteiger partial charge in [-0.2, -0.15) is 0 Å². The average Bonchev–Trinajstić information content (AvgIpc) is 2.90. The number of pyridine rings is 1. The number of carbonyl (C=O) groups excluding carboxylic acids is 1. The Hall–Kier alpha value is -1.66. The van der Waals surface area contributed by atoms with Gasteiger partial charge in [-0.15, -0.1) is 0 Å². The lowest BCUT2D eigenvalue weighted by atomic mass is 9.96. The predicted molar refractivity (Wildman–Crippen MR) is 91.3 cm³/mol. The van der Waals surface area contributed by atoms with E-state index >= 15 is 0 Å². The second-order valence-electron chi connectivity index (χ2n) is 6.93. The zero-order chi connectivity index (χ0) is 17.1. The number of hydrogen-bond acceptors (Lipinski definition) is 5. The van der Waals surface area contributed by atoms with Gasteiger partial charge < -0.3 is 14.4 Å². The van der Waals surface area contributed by atoms with Gasteiger partial charge in [-0.25, -0.2) is 4.98 Å². The van der Waals surface area contributed by atoms with E-state index in [1.54, 1.807) is 30.3 Å². The van der Waals surface area contributed by atoms with Gasteiger partial charge in [0.05, 0.1) is 6.10 Å². The summed E-state index contributed by atoms with van der Waals surface area (Å²) in [6, 6.07) is 3.84. The SMILES string of the molecule is CO[C@H]1C[C@@H](CN(C)C(=O)c2ccnc(OC3CCC3)c2)N(C)C1. The molecule has 0 bridgehead atoms. The molecule has 1 aliphatic heterocycles. The number of likely N-dealkylation sites (N-methyl/N-ethyl adjacent to an activating group) is 2. The third-order valence-corrected chi connectivity index (χ3v) is 5.14. The van der Waals surface area contributed by atoms with Crippen LogP contribution in [0.5, 0.6) is 5.88 Å². The summed E-state index contributed by atoms with van der Waals surface area (Å²) >= 11 is 0. The van der Waals surface area contributed by atoms with E-state index in [1.807, 2.05) is 7.05 Å². The first-order valence-corrected chi connectivity index (χ1v) is 8.68. The maximum absolute atomic E-state index is 12.7. The van der Waals surface area contributed by atoms with Crippen LogP contribution in [0.25, 0.3) is 0 Å². The molecule has 132 valence electrons. The Morgan fingerprint density at radius 3 is 2.83 bits per heavy atom. The molecule has 2 fully saturated rings. The van der Waals surface area contributed by atoms with Gasteiger partial charge >= 0.3 is 0 Å². The summed E-state index contributed by atoms with van der Waals surface area (Å²) in [6.45, 7) is 1.61. The highest BCUT2D eigenvalue weighted by Crippen LogP contribution is 2.24. The van der Waals surface area contributed by atoms with Crippen LogP contribution in [0.15, 0.2) is 18.3 Å². The molecule has 6 nitrogen and oxygen atoms in total. The molecule has 0 unspecified atom stereocenters. The Kier molecular flexibility index (Phi) is 5.36. The van der Waals surface area contributed by atoms with Crippen LogP contribution in [0.2, 0.25) is 0 Å².